The van der Waals surface area contributed by atoms with Crippen molar-refractivity contribution in [1.29, 1.82) is 0 Å². The minimum Gasteiger partial charge on any atom is -0.487 e. The van der Waals surface area contributed by atoms with Gasteiger partial charge in [-0.3, -0.25) is 14.0 Å². The fraction of sp³-hybridized carbons (Fsp3) is 0.348. The van der Waals surface area contributed by atoms with Crippen molar-refractivity contribution in [2.75, 3.05) is 5.32 Å². The molecule has 150 valence electrons. The van der Waals surface area contributed by atoms with Crippen molar-refractivity contribution in [3.8, 4) is 5.75 Å². The summed E-state index contributed by atoms with van der Waals surface area (Å²) >= 11 is 0. The molecule has 6 nitrogen and oxygen atoms in total. The maximum atomic E-state index is 12.3. The van der Waals surface area contributed by atoms with Gasteiger partial charge >= 0.3 is 0 Å². The summed E-state index contributed by atoms with van der Waals surface area (Å²) in [4.78, 5) is 29.1. The lowest BCUT2D eigenvalue weighted by molar-refractivity contribution is -0.120. The molecule has 29 heavy (non-hydrogen) atoms. The smallest absolute Gasteiger partial charge is 0.258 e. The molecule has 0 aliphatic heterocycles. The Kier molecular flexibility index (Phi) is 5.60. The van der Waals surface area contributed by atoms with Gasteiger partial charge in [0, 0.05) is 23.9 Å². The Balaban J connectivity index is 1.38. The second kappa shape index (κ2) is 8.47. The molecule has 6 heteroatoms. The fourth-order valence-electron chi connectivity index (χ4n) is 3.73. The number of rotatable bonds is 5. The Hall–Kier alpha value is -3.15. The SMILES string of the molecule is Cc1ccc2nc(COc3ccc(NC(=O)C4CCCCC4)cc3)cc(=O)n2c1. The summed E-state index contributed by atoms with van der Waals surface area (Å²) in [6.45, 7) is 2.14. The number of amides is 1. The molecule has 1 amide bonds. The molecule has 0 spiro atoms. The third-order valence-electron chi connectivity index (χ3n) is 5.35. The fourth-order valence-corrected chi connectivity index (χ4v) is 3.73. The van der Waals surface area contributed by atoms with Gasteiger partial charge in [-0.15, -0.1) is 0 Å². The topological polar surface area (TPSA) is 72.7 Å². The Bertz CT molecular complexity index is 1070. The van der Waals surface area contributed by atoms with Gasteiger partial charge in [-0.2, -0.15) is 0 Å². The molecule has 2 heterocycles. The quantitative estimate of drug-likeness (QED) is 0.711. The first-order valence-electron chi connectivity index (χ1n) is 10.1. The van der Waals surface area contributed by atoms with Gasteiger partial charge < -0.3 is 10.1 Å². The van der Waals surface area contributed by atoms with Crippen molar-refractivity contribution < 1.29 is 9.53 Å². The monoisotopic (exact) mass is 391 g/mol. The van der Waals surface area contributed by atoms with E-state index in [-0.39, 0.29) is 24.0 Å². The summed E-state index contributed by atoms with van der Waals surface area (Å²) < 4.78 is 7.30. The summed E-state index contributed by atoms with van der Waals surface area (Å²) in [5, 5.41) is 2.99. The Morgan fingerprint density at radius 1 is 1.14 bits per heavy atom. The maximum Gasteiger partial charge on any atom is 0.258 e. The van der Waals surface area contributed by atoms with Crippen LogP contribution in [0, 0.1) is 12.8 Å². The van der Waals surface area contributed by atoms with E-state index in [9.17, 15) is 9.59 Å². The van der Waals surface area contributed by atoms with Crippen molar-refractivity contribution >= 4 is 17.2 Å². The van der Waals surface area contributed by atoms with Crippen LogP contribution in [-0.4, -0.2) is 15.3 Å². The molecule has 1 N–H and O–H groups in total. The molecule has 1 saturated carbocycles. The molecule has 3 aromatic rings. The zero-order valence-corrected chi connectivity index (χ0v) is 16.6. The minimum atomic E-state index is -0.127. The molecular weight excluding hydrogens is 366 g/mol. The van der Waals surface area contributed by atoms with Gasteiger partial charge in [-0.1, -0.05) is 25.3 Å². The van der Waals surface area contributed by atoms with E-state index in [1.807, 2.05) is 43.3 Å². The van der Waals surface area contributed by atoms with E-state index in [2.05, 4.69) is 10.3 Å². The molecule has 2 aromatic heterocycles. The van der Waals surface area contributed by atoms with Crippen molar-refractivity contribution in [1.82, 2.24) is 9.38 Å². The van der Waals surface area contributed by atoms with Crippen LogP contribution in [0.1, 0.15) is 43.4 Å². The number of nitrogens with one attached hydrogen (secondary N) is 1. The Labute approximate surface area is 169 Å². The minimum absolute atomic E-state index is 0.106. The van der Waals surface area contributed by atoms with E-state index < -0.39 is 0 Å². The average Bonchev–Trinajstić information content (AvgIpc) is 2.74. The standard InChI is InChI=1S/C23H25N3O3/c1-16-7-12-21-24-19(13-22(27)26(21)14-16)15-29-20-10-8-18(9-11-20)25-23(28)17-5-3-2-4-6-17/h7-14,17H,2-6,15H2,1H3,(H,25,28). The predicted octanol–water partition coefficient (Wildman–Crippen LogP) is 4.10. The third-order valence-corrected chi connectivity index (χ3v) is 5.35. The maximum absolute atomic E-state index is 12.3. The van der Waals surface area contributed by atoms with Crippen LogP contribution in [0.15, 0.2) is 53.5 Å². The first-order chi connectivity index (χ1) is 14.1. The van der Waals surface area contributed by atoms with Crippen LogP contribution >= 0.6 is 0 Å². The molecule has 0 atom stereocenters. The third kappa shape index (κ3) is 4.65. The van der Waals surface area contributed by atoms with E-state index in [1.165, 1.54) is 16.9 Å². The number of fused-ring (bicyclic) bond motifs is 1. The van der Waals surface area contributed by atoms with E-state index in [4.69, 9.17) is 4.74 Å². The van der Waals surface area contributed by atoms with Crippen LogP contribution in [-0.2, 0) is 11.4 Å². The molecule has 0 saturated heterocycles. The highest BCUT2D eigenvalue weighted by Gasteiger charge is 2.20. The van der Waals surface area contributed by atoms with Crippen molar-refractivity contribution in [2.45, 2.75) is 45.6 Å². The number of carbonyl (C=O) groups is 1. The number of benzene rings is 1. The van der Waals surface area contributed by atoms with Gasteiger partial charge in [0.15, 0.2) is 0 Å². The summed E-state index contributed by atoms with van der Waals surface area (Å²) in [5.74, 6) is 0.891. The molecule has 1 aromatic carbocycles. The van der Waals surface area contributed by atoms with Crippen molar-refractivity contribution in [2.24, 2.45) is 5.92 Å². The number of ether oxygens (including phenoxy) is 1. The number of aryl methyl sites for hydroxylation is 1. The summed E-state index contributed by atoms with van der Waals surface area (Å²) in [6, 6.07) is 12.5. The zero-order valence-electron chi connectivity index (χ0n) is 16.6. The Morgan fingerprint density at radius 3 is 2.66 bits per heavy atom. The molecule has 1 fully saturated rings. The van der Waals surface area contributed by atoms with Crippen LogP contribution in [0.4, 0.5) is 5.69 Å². The van der Waals surface area contributed by atoms with Gasteiger partial charge in [0.05, 0.1) is 5.69 Å². The van der Waals surface area contributed by atoms with Gasteiger partial charge in [0.25, 0.3) is 5.56 Å². The molecule has 0 unspecified atom stereocenters. The number of hydrogen-bond donors (Lipinski definition) is 1. The lowest BCUT2D eigenvalue weighted by atomic mass is 9.88. The lowest BCUT2D eigenvalue weighted by Gasteiger charge is -2.20. The second-order valence-corrected chi connectivity index (χ2v) is 7.66. The highest BCUT2D eigenvalue weighted by Crippen LogP contribution is 2.25. The molecule has 0 bridgehead atoms. The second-order valence-electron chi connectivity index (χ2n) is 7.66. The van der Waals surface area contributed by atoms with Crippen LogP contribution in [0.2, 0.25) is 0 Å². The van der Waals surface area contributed by atoms with Gasteiger partial charge in [-0.25, -0.2) is 4.98 Å². The summed E-state index contributed by atoms with van der Waals surface area (Å²) in [6.07, 6.45) is 7.23. The molecule has 1 aliphatic carbocycles. The first kappa shape index (κ1) is 19.2. The van der Waals surface area contributed by atoms with E-state index in [1.54, 1.807) is 6.20 Å². The first-order valence-corrected chi connectivity index (χ1v) is 10.1. The highest BCUT2D eigenvalue weighted by atomic mass is 16.5. The number of carbonyl (C=O) groups excluding carboxylic acids is 1. The molecule has 4 rings (SSSR count). The van der Waals surface area contributed by atoms with E-state index >= 15 is 0 Å². The normalized spacial score (nSPS) is 14.7. The van der Waals surface area contributed by atoms with Crippen LogP contribution < -0.4 is 15.6 Å². The van der Waals surface area contributed by atoms with Crippen molar-refractivity contribution in [3.05, 3.63) is 70.3 Å². The van der Waals surface area contributed by atoms with E-state index in [0.29, 0.717) is 17.1 Å². The largest absolute Gasteiger partial charge is 0.487 e. The zero-order chi connectivity index (χ0) is 20.2. The van der Waals surface area contributed by atoms with Gasteiger partial charge in [0.2, 0.25) is 5.91 Å². The number of anilines is 1. The van der Waals surface area contributed by atoms with Crippen LogP contribution in [0.25, 0.3) is 5.65 Å². The summed E-state index contributed by atoms with van der Waals surface area (Å²) in [5.41, 5.74) is 2.82. The number of pyridine rings is 1. The van der Waals surface area contributed by atoms with Crippen LogP contribution in [0.5, 0.6) is 5.75 Å². The number of nitrogens with zero attached hydrogens (tertiary/aromatic N) is 2. The summed E-state index contributed by atoms with van der Waals surface area (Å²) in [7, 11) is 0. The molecule has 1 aliphatic rings. The van der Waals surface area contributed by atoms with Gasteiger partial charge in [0.1, 0.15) is 18.0 Å². The number of aromatic nitrogens is 2. The predicted molar refractivity (Wildman–Crippen MR) is 112 cm³/mol. The highest BCUT2D eigenvalue weighted by molar-refractivity contribution is 5.92. The molecular formula is C23H25N3O3. The Morgan fingerprint density at radius 2 is 1.90 bits per heavy atom. The molecule has 0 radical (unpaired) electrons. The van der Waals surface area contributed by atoms with Gasteiger partial charge in [-0.05, 0) is 55.7 Å². The van der Waals surface area contributed by atoms with Crippen LogP contribution in [0.3, 0.4) is 0 Å². The number of hydrogen-bond acceptors (Lipinski definition) is 4. The van der Waals surface area contributed by atoms with E-state index in [0.717, 1.165) is 36.9 Å². The lowest BCUT2D eigenvalue weighted by Crippen LogP contribution is -2.24. The van der Waals surface area contributed by atoms with Crippen molar-refractivity contribution in [3.63, 3.8) is 0 Å². The average molecular weight is 391 g/mol.